The maximum Gasteiger partial charge on any atom is 0.417 e. The predicted molar refractivity (Wildman–Crippen MR) is 147 cm³/mol. The Morgan fingerprint density at radius 3 is 2.65 bits per heavy atom. The molecule has 0 unspecified atom stereocenters. The standard InChI is InChI=1S/C28H23ClN4O7/c1-14-7-16(25-19(8-14)32-23(36-4)12-31-25)20-9-17-26(39-20)18(29)10-21-27(17)37-13-24(38-21)40-28(34)33(2)15-5-6-22(35-3)30-11-15/h5-12,24H,13H2,1-4H3/t24-/m1/s1. The van der Waals surface area contributed by atoms with Gasteiger partial charge in [0.2, 0.25) is 11.8 Å². The van der Waals surface area contributed by atoms with E-state index < -0.39 is 12.4 Å². The molecule has 40 heavy (non-hydrogen) atoms. The van der Waals surface area contributed by atoms with E-state index in [-0.39, 0.29) is 6.61 Å². The summed E-state index contributed by atoms with van der Waals surface area (Å²) >= 11 is 6.59. The minimum atomic E-state index is -1.00. The Morgan fingerprint density at radius 1 is 1.07 bits per heavy atom. The van der Waals surface area contributed by atoms with Crippen molar-refractivity contribution in [3.05, 3.63) is 59.4 Å². The van der Waals surface area contributed by atoms with Crippen LogP contribution in [-0.4, -0.2) is 55.2 Å². The average Bonchev–Trinajstić information content (AvgIpc) is 3.42. The van der Waals surface area contributed by atoms with Crippen LogP contribution in [0.25, 0.3) is 33.3 Å². The molecule has 0 N–H and O–H groups in total. The zero-order valence-electron chi connectivity index (χ0n) is 21.9. The van der Waals surface area contributed by atoms with E-state index in [1.807, 2.05) is 25.1 Å². The van der Waals surface area contributed by atoms with E-state index in [4.69, 9.17) is 39.7 Å². The van der Waals surface area contributed by atoms with Gasteiger partial charge < -0.3 is 28.1 Å². The molecule has 0 saturated carbocycles. The minimum Gasteiger partial charge on any atom is -0.481 e. The Kier molecular flexibility index (Phi) is 6.43. The Balaban J connectivity index is 1.28. The highest BCUT2D eigenvalue weighted by Crippen LogP contribution is 2.46. The number of ether oxygens (including phenoxy) is 5. The van der Waals surface area contributed by atoms with E-state index in [0.29, 0.717) is 61.7 Å². The van der Waals surface area contributed by atoms with Crippen LogP contribution < -0.4 is 23.8 Å². The molecule has 12 heteroatoms. The van der Waals surface area contributed by atoms with Crippen molar-refractivity contribution in [1.29, 1.82) is 0 Å². The van der Waals surface area contributed by atoms with Crippen molar-refractivity contribution >= 4 is 45.4 Å². The molecule has 204 valence electrons. The van der Waals surface area contributed by atoms with Gasteiger partial charge in [0.15, 0.2) is 23.7 Å². The number of fused-ring (bicyclic) bond motifs is 4. The van der Waals surface area contributed by atoms with E-state index in [1.54, 1.807) is 38.6 Å². The van der Waals surface area contributed by atoms with Crippen LogP contribution in [0.1, 0.15) is 5.56 Å². The zero-order chi connectivity index (χ0) is 28.0. The van der Waals surface area contributed by atoms with E-state index >= 15 is 0 Å². The normalized spacial score (nSPS) is 14.3. The number of carbonyl (C=O) groups excluding carboxylic acids is 1. The number of carbonyl (C=O) groups is 1. The number of nitrogens with zero attached hydrogens (tertiary/aromatic N) is 4. The van der Waals surface area contributed by atoms with Crippen LogP contribution in [0, 0.1) is 6.92 Å². The molecule has 1 atom stereocenters. The van der Waals surface area contributed by atoms with E-state index in [0.717, 1.165) is 11.1 Å². The molecule has 0 bridgehead atoms. The lowest BCUT2D eigenvalue weighted by Gasteiger charge is -2.28. The first-order valence-corrected chi connectivity index (χ1v) is 12.5. The maximum atomic E-state index is 12.7. The van der Waals surface area contributed by atoms with Crippen molar-refractivity contribution in [2.45, 2.75) is 13.2 Å². The first-order chi connectivity index (χ1) is 19.3. The summed E-state index contributed by atoms with van der Waals surface area (Å²) in [5.74, 6) is 2.13. The number of methoxy groups -OCH3 is 2. The Hall–Kier alpha value is -4.77. The summed E-state index contributed by atoms with van der Waals surface area (Å²) in [6.45, 7) is 1.92. The van der Waals surface area contributed by atoms with Crippen molar-refractivity contribution in [1.82, 2.24) is 15.0 Å². The fraction of sp³-hybridized carbons (Fsp3) is 0.214. The van der Waals surface area contributed by atoms with Crippen LogP contribution in [0.5, 0.6) is 23.3 Å². The average molecular weight is 563 g/mol. The molecule has 0 aliphatic carbocycles. The van der Waals surface area contributed by atoms with Crippen LogP contribution >= 0.6 is 11.6 Å². The molecule has 0 spiro atoms. The molecule has 4 heterocycles. The van der Waals surface area contributed by atoms with Gasteiger partial charge in [0, 0.05) is 24.7 Å². The summed E-state index contributed by atoms with van der Waals surface area (Å²) < 4.78 is 33.9. The lowest BCUT2D eigenvalue weighted by atomic mass is 10.1. The van der Waals surface area contributed by atoms with Crippen LogP contribution in [-0.2, 0) is 4.74 Å². The highest BCUT2D eigenvalue weighted by molar-refractivity contribution is 6.35. The number of furan rings is 1. The minimum absolute atomic E-state index is 0.0384. The smallest absolute Gasteiger partial charge is 0.417 e. The number of aryl methyl sites for hydroxylation is 1. The highest BCUT2D eigenvalue weighted by Gasteiger charge is 2.30. The molecule has 2 aromatic carbocycles. The van der Waals surface area contributed by atoms with Gasteiger partial charge in [-0.2, -0.15) is 0 Å². The molecule has 6 rings (SSSR count). The topological polar surface area (TPSA) is 118 Å². The van der Waals surface area contributed by atoms with E-state index in [9.17, 15) is 4.79 Å². The number of benzene rings is 2. The SMILES string of the molecule is COc1ccc(N(C)C(=O)O[C@@H]2COc3c(cc(Cl)c4oc(-c5cc(C)cc6nc(OC)cnc56)cc34)O2)cn1. The summed E-state index contributed by atoms with van der Waals surface area (Å²) in [7, 11) is 4.62. The third kappa shape index (κ3) is 4.54. The molecular formula is C28H23ClN4O7. The fourth-order valence-corrected chi connectivity index (χ4v) is 4.63. The van der Waals surface area contributed by atoms with E-state index in [2.05, 4.69) is 15.0 Å². The molecular weight excluding hydrogens is 540 g/mol. The van der Waals surface area contributed by atoms with Gasteiger partial charge in [0.05, 0.1) is 53.7 Å². The summed E-state index contributed by atoms with van der Waals surface area (Å²) in [5.41, 5.74) is 3.98. The molecule has 1 amide bonds. The van der Waals surface area contributed by atoms with Crippen LogP contribution in [0.2, 0.25) is 5.02 Å². The summed E-state index contributed by atoms with van der Waals surface area (Å²) in [4.78, 5) is 27.2. The molecule has 1 aliphatic rings. The Bertz CT molecular complexity index is 1760. The zero-order valence-corrected chi connectivity index (χ0v) is 22.7. The van der Waals surface area contributed by atoms with Gasteiger partial charge in [-0.1, -0.05) is 11.6 Å². The number of aromatic nitrogens is 3. The van der Waals surface area contributed by atoms with Gasteiger partial charge in [0.1, 0.15) is 5.76 Å². The van der Waals surface area contributed by atoms with Crippen molar-refractivity contribution in [2.75, 3.05) is 32.8 Å². The summed E-state index contributed by atoms with van der Waals surface area (Å²) in [5, 5.41) is 0.918. The van der Waals surface area contributed by atoms with Crippen molar-refractivity contribution < 1.29 is 32.9 Å². The molecule has 0 radical (unpaired) electrons. The second-order valence-corrected chi connectivity index (χ2v) is 9.40. The Labute approximate surface area is 233 Å². The molecule has 0 fully saturated rings. The number of pyridine rings is 1. The lowest BCUT2D eigenvalue weighted by Crippen LogP contribution is -2.38. The van der Waals surface area contributed by atoms with E-state index in [1.165, 1.54) is 18.2 Å². The third-order valence-corrected chi connectivity index (χ3v) is 6.64. The predicted octanol–water partition coefficient (Wildman–Crippen LogP) is 5.79. The largest absolute Gasteiger partial charge is 0.481 e. The number of hydrogen-bond acceptors (Lipinski definition) is 10. The Morgan fingerprint density at radius 2 is 1.90 bits per heavy atom. The second-order valence-electron chi connectivity index (χ2n) is 8.99. The van der Waals surface area contributed by atoms with Gasteiger partial charge in [0.25, 0.3) is 6.29 Å². The van der Waals surface area contributed by atoms with Gasteiger partial charge in [-0.3, -0.25) is 4.90 Å². The van der Waals surface area contributed by atoms with Crippen molar-refractivity contribution in [2.24, 2.45) is 0 Å². The van der Waals surface area contributed by atoms with Gasteiger partial charge in [-0.15, -0.1) is 0 Å². The third-order valence-electron chi connectivity index (χ3n) is 6.36. The molecule has 1 aliphatic heterocycles. The second kappa shape index (κ2) is 10.1. The van der Waals surface area contributed by atoms with Crippen molar-refractivity contribution in [3.63, 3.8) is 0 Å². The van der Waals surface area contributed by atoms with Gasteiger partial charge >= 0.3 is 6.09 Å². The molecule has 0 saturated heterocycles. The first kappa shape index (κ1) is 25.5. The highest BCUT2D eigenvalue weighted by atomic mass is 35.5. The number of halogens is 1. The number of anilines is 1. The number of hydrogen-bond donors (Lipinski definition) is 0. The van der Waals surface area contributed by atoms with Gasteiger partial charge in [-0.05, 0) is 36.8 Å². The number of rotatable bonds is 5. The summed E-state index contributed by atoms with van der Waals surface area (Å²) in [6.07, 6.45) is 1.41. The quantitative estimate of drug-likeness (QED) is 0.260. The summed E-state index contributed by atoms with van der Waals surface area (Å²) in [6, 6.07) is 10.6. The maximum absolute atomic E-state index is 12.7. The van der Waals surface area contributed by atoms with Gasteiger partial charge in [-0.25, -0.2) is 19.7 Å². The fourth-order valence-electron chi connectivity index (χ4n) is 4.39. The van der Waals surface area contributed by atoms with Crippen LogP contribution in [0.3, 0.4) is 0 Å². The van der Waals surface area contributed by atoms with Crippen LogP contribution in [0.15, 0.2) is 53.2 Å². The molecule has 11 nitrogen and oxygen atoms in total. The monoisotopic (exact) mass is 562 g/mol. The molecule has 5 aromatic rings. The lowest BCUT2D eigenvalue weighted by molar-refractivity contribution is -0.0718. The van der Waals surface area contributed by atoms with Crippen molar-refractivity contribution in [3.8, 4) is 34.6 Å². The molecule has 3 aromatic heterocycles. The number of amides is 1. The van der Waals surface area contributed by atoms with Crippen LogP contribution in [0.4, 0.5) is 10.5 Å². The first-order valence-electron chi connectivity index (χ1n) is 12.2.